The first kappa shape index (κ1) is 13.7. The average Bonchev–Trinajstić information content (AvgIpc) is 2.23. The zero-order valence-corrected chi connectivity index (χ0v) is 9.44. The van der Waals surface area contributed by atoms with Gasteiger partial charge in [0.15, 0.2) is 0 Å². The van der Waals surface area contributed by atoms with E-state index < -0.39 is 11.5 Å². The lowest BCUT2D eigenvalue weighted by Crippen LogP contribution is -2.09. The Morgan fingerprint density at radius 2 is 2.12 bits per heavy atom. The lowest BCUT2D eigenvalue weighted by molar-refractivity contribution is -0.0327. The smallest absolute Gasteiger partial charge is 0.441 e. The van der Waals surface area contributed by atoms with E-state index in [1.165, 1.54) is 18.2 Å². The van der Waals surface area contributed by atoms with Gasteiger partial charge in [-0.05, 0) is 30.0 Å². The van der Waals surface area contributed by atoms with Gasteiger partial charge in [0.2, 0.25) is 0 Å². The van der Waals surface area contributed by atoms with E-state index in [2.05, 4.69) is 5.32 Å². The second-order valence-electron chi connectivity index (χ2n) is 3.11. The minimum absolute atomic E-state index is 0.0958. The first-order chi connectivity index (χ1) is 7.88. The van der Waals surface area contributed by atoms with Gasteiger partial charge in [-0.1, -0.05) is 6.07 Å². The van der Waals surface area contributed by atoms with Crippen molar-refractivity contribution < 1.29 is 23.1 Å². The van der Waals surface area contributed by atoms with E-state index >= 15 is 0 Å². The predicted octanol–water partition coefficient (Wildman–Crippen LogP) is 3.05. The van der Waals surface area contributed by atoms with Crippen LogP contribution in [0.3, 0.4) is 0 Å². The summed E-state index contributed by atoms with van der Waals surface area (Å²) in [6.45, 7) is 0.118. The first-order valence-corrected chi connectivity index (χ1v) is 5.65. The second kappa shape index (κ2) is 5.81. The van der Waals surface area contributed by atoms with Gasteiger partial charge in [0.05, 0.1) is 5.56 Å². The summed E-state index contributed by atoms with van der Waals surface area (Å²) < 4.78 is 35.4. The van der Waals surface area contributed by atoms with E-state index in [9.17, 15) is 18.0 Å². The molecular weight excluding hydrogens is 255 g/mol. The summed E-state index contributed by atoms with van der Waals surface area (Å²) in [5.41, 5.74) is -3.64. The lowest BCUT2D eigenvalue weighted by Gasteiger charge is -2.08. The highest BCUT2D eigenvalue weighted by Crippen LogP contribution is 2.29. The molecule has 0 aliphatic rings. The van der Waals surface area contributed by atoms with Crippen LogP contribution in [-0.2, 0) is 0 Å². The van der Waals surface area contributed by atoms with Crippen LogP contribution in [0.2, 0.25) is 0 Å². The van der Waals surface area contributed by atoms with Gasteiger partial charge in [-0.25, -0.2) is 4.79 Å². The van der Waals surface area contributed by atoms with Crippen LogP contribution in [0, 0.1) is 0 Å². The molecule has 0 heterocycles. The minimum Gasteiger partial charge on any atom is -0.478 e. The molecule has 0 fully saturated rings. The number of carboxylic acids is 1. The van der Waals surface area contributed by atoms with Crippen LogP contribution in [0.4, 0.5) is 18.9 Å². The molecule has 1 aromatic rings. The van der Waals surface area contributed by atoms with Crippen LogP contribution in [0.5, 0.6) is 0 Å². The molecule has 94 valence electrons. The molecule has 0 saturated heterocycles. The second-order valence-corrected chi connectivity index (χ2v) is 4.27. The third kappa shape index (κ3) is 5.48. The summed E-state index contributed by atoms with van der Waals surface area (Å²) in [6.07, 6.45) is 0. The fourth-order valence-corrected chi connectivity index (χ4v) is 1.56. The van der Waals surface area contributed by atoms with Crippen molar-refractivity contribution in [3.63, 3.8) is 0 Å². The highest BCUT2D eigenvalue weighted by molar-refractivity contribution is 8.00. The van der Waals surface area contributed by atoms with E-state index in [0.29, 0.717) is 5.69 Å². The van der Waals surface area contributed by atoms with Crippen LogP contribution in [-0.4, -0.2) is 28.9 Å². The van der Waals surface area contributed by atoms with Crippen LogP contribution in [0.25, 0.3) is 0 Å². The van der Waals surface area contributed by atoms with Gasteiger partial charge in [0, 0.05) is 18.0 Å². The molecule has 0 bridgehead atoms. The first-order valence-electron chi connectivity index (χ1n) is 4.66. The largest absolute Gasteiger partial charge is 0.478 e. The standard InChI is InChI=1S/C10H10F3NO2S/c11-10(12,13)17-5-4-14-8-3-1-2-7(6-8)9(15)16/h1-3,6,14H,4-5H2,(H,15,16). The van der Waals surface area contributed by atoms with Crippen LogP contribution >= 0.6 is 11.8 Å². The van der Waals surface area contributed by atoms with Crippen molar-refractivity contribution in [1.82, 2.24) is 0 Å². The zero-order chi connectivity index (χ0) is 12.9. The van der Waals surface area contributed by atoms with E-state index in [4.69, 9.17) is 5.11 Å². The average molecular weight is 265 g/mol. The number of aromatic carboxylic acids is 1. The van der Waals surface area contributed by atoms with E-state index in [0.717, 1.165) is 0 Å². The number of halogens is 3. The van der Waals surface area contributed by atoms with Crippen LogP contribution < -0.4 is 5.32 Å². The van der Waals surface area contributed by atoms with Crippen molar-refractivity contribution in [3.05, 3.63) is 29.8 Å². The number of carbonyl (C=O) groups is 1. The van der Waals surface area contributed by atoms with Gasteiger partial charge in [-0.2, -0.15) is 13.2 Å². The fraction of sp³-hybridized carbons (Fsp3) is 0.300. The van der Waals surface area contributed by atoms with Crippen molar-refractivity contribution >= 4 is 23.4 Å². The molecule has 0 aliphatic heterocycles. The minimum atomic E-state index is -4.23. The van der Waals surface area contributed by atoms with Crippen molar-refractivity contribution in [2.24, 2.45) is 0 Å². The molecule has 3 nitrogen and oxygen atoms in total. The Morgan fingerprint density at radius 3 is 2.71 bits per heavy atom. The number of benzene rings is 1. The Hall–Kier alpha value is -1.37. The molecule has 0 aliphatic carbocycles. The lowest BCUT2D eigenvalue weighted by atomic mass is 10.2. The maximum Gasteiger partial charge on any atom is 0.441 e. The number of hydrogen-bond acceptors (Lipinski definition) is 3. The topological polar surface area (TPSA) is 49.3 Å². The van der Waals surface area contributed by atoms with Gasteiger partial charge < -0.3 is 10.4 Å². The van der Waals surface area contributed by atoms with E-state index in [1.807, 2.05) is 0 Å². The Labute approximate surface area is 100 Å². The summed E-state index contributed by atoms with van der Waals surface area (Å²) in [7, 11) is 0. The highest BCUT2D eigenvalue weighted by atomic mass is 32.2. The van der Waals surface area contributed by atoms with Gasteiger partial charge in [-0.15, -0.1) is 0 Å². The van der Waals surface area contributed by atoms with E-state index in [-0.39, 0.29) is 29.6 Å². The molecular formula is C10H10F3NO2S. The number of nitrogens with one attached hydrogen (secondary N) is 1. The van der Waals surface area contributed by atoms with Crippen molar-refractivity contribution in [2.75, 3.05) is 17.6 Å². The molecule has 0 atom stereocenters. The number of anilines is 1. The van der Waals surface area contributed by atoms with E-state index in [1.54, 1.807) is 6.07 Å². The molecule has 0 amide bonds. The molecule has 1 aromatic carbocycles. The third-order valence-corrected chi connectivity index (χ3v) is 2.54. The Bertz CT molecular complexity index is 395. The molecule has 17 heavy (non-hydrogen) atoms. The summed E-state index contributed by atoms with van der Waals surface area (Å²) in [6, 6.07) is 5.92. The number of hydrogen-bond donors (Lipinski definition) is 2. The van der Waals surface area contributed by atoms with Crippen LogP contribution in [0.15, 0.2) is 24.3 Å². The van der Waals surface area contributed by atoms with Crippen molar-refractivity contribution in [2.45, 2.75) is 5.51 Å². The molecule has 7 heteroatoms. The van der Waals surface area contributed by atoms with Gasteiger partial charge >= 0.3 is 11.5 Å². The van der Waals surface area contributed by atoms with Gasteiger partial charge in [0.25, 0.3) is 0 Å². The molecule has 1 rings (SSSR count). The van der Waals surface area contributed by atoms with Gasteiger partial charge in [-0.3, -0.25) is 0 Å². The molecule has 0 radical (unpaired) electrons. The van der Waals surface area contributed by atoms with Crippen molar-refractivity contribution in [1.29, 1.82) is 0 Å². The predicted molar refractivity (Wildman–Crippen MR) is 60.4 cm³/mol. The molecule has 0 spiro atoms. The Balaban J connectivity index is 2.42. The monoisotopic (exact) mass is 265 g/mol. The summed E-state index contributed by atoms with van der Waals surface area (Å²) in [4.78, 5) is 10.6. The number of carboxylic acid groups (broad SMARTS) is 1. The third-order valence-electron chi connectivity index (χ3n) is 1.81. The number of alkyl halides is 3. The molecule has 0 unspecified atom stereocenters. The maximum absolute atomic E-state index is 11.8. The normalized spacial score (nSPS) is 11.2. The zero-order valence-electron chi connectivity index (χ0n) is 8.62. The molecule has 2 N–H and O–H groups in total. The molecule has 0 saturated carbocycles. The fourth-order valence-electron chi connectivity index (χ4n) is 1.12. The van der Waals surface area contributed by atoms with Crippen molar-refractivity contribution in [3.8, 4) is 0 Å². The SMILES string of the molecule is O=C(O)c1cccc(NCCSC(F)(F)F)c1. The van der Waals surface area contributed by atoms with Crippen LogP contribution in [0.1, 0.15) is 10.4 Å². The Kier molecular flexibility index (Phi) is 4.68. The maximum atomic E-state index is 11.8. The molecule has 0 aromatic heterocycles. The highest BCUT2D eigenvalue weighted by Gasteiger charge is 2.27. The summed E-state index contributed by atoms with van der Waals surface area (Å²) in [5.74, 6) is -1.20. The Morgan fingerprint density at radius 1 is 1.41 bits per heavy atom. The quantitative estimate of drug-likeness (QED) is 0.803. The summed E-state index contributed by atoms with van der Waals surface area (Å²) in [5, 5.41) is 11.4. The summed E-state index contributed by atoms with van der Waals surface area (Å²) >= 11 is -0.116. The number of thioether (sulfide) groups is 1. The number of rotatable bonds is 5. The van der Waals surface area contributed by atoms with Gasteiger partial charge in [0.1, 0.15) is 0 Å².